The summed E-state index contributed by atoms with van der Waals surface area (Å²) >= 11 is 12.4. The van der Waals surface area contributed by atoms with Crippen molar-refractivity contribution in [2.75, 3.05) is 13.2 Å². The van der Waals surface area contributed by atoms with Crippen LogP contribution in [0.4, 0.5) is 0 Å². The minimum Gasteiger partial charge on any atom is -0.412 e. The summed E-state index contributed by atoms with van der Waals surface area (Å²) in [6, 6.07) is 20.4. The van der Waals surface area contributed by atoms with Gasteiger partial charge in [-0.1, -0.05) is 48.9 Å². The van der Waals surface area contributed by atoms with Crippen molar-refractivity contribution in [3.05, 3.63) is 107 Å². The Hall–Kier alpha value is -3.14. The topological polar surface area (TPSA) is 108 Å². The molecule has 0 aliphatic carbocycles. The lowest BCUT2D eigenvalue weighted by atomic mass is 10.1. The van der Waals surface area contributed by atoms with E-state index in [1.807, 2.05) is 48.8 Å². The first-order valence-corrected chi connectivity index (χ1v) is 17.8. The van der Waals surface area contributed by atoms with Crippen molar-refractivity contribution in [1.82, 2.24) is 19.1 Å². The summed E-state index contributed by atoms with van der Waals surface area (Å²) in [5, 5.41) is 21.8. The van der Waals surface area contributed by atoms with Crippen LogP contribution in [-0.4, -0.2) is 48.0 Å². The van der Waals surface area contributed by atoms with E-state index in [0.29, 0.717) is 0 Å². The van der Waals surface area contributed by atoms with Gasteiger partial charge >= 0.3 is 0 Å². The fourth-order valence-electron chi connectivity index (χ4n) is 6.67. The van der Waals surface area contributed by atoms with Crippen LogP contribution in [-0.2, 0) is 13.1 Å². The SMILES string of the molecule is Cc1c(-c2cccnc2)n(CCCCCCO)c2ccc(Cl)cc12.Cc1c(-c2cccnc2)n(CCCCCCO)c2ccc(Cl)cc12.Cl.Cl.O. The Kier molecular flexibility index (Phi) is 19.0. The molecule has 0 saturated carbocycles. The predicted octanol–water partition coefficient (Wildman–Crippen LogP) is 10.5. The van der Waals surface area contributed by atoms with Crippen molar-refractivity contribution in [2.24, 2.45) is 0 Å². The summed E-state index contributed by atoms with van der Waals surface area (Å²) in [4.78, 5) is 8.57. The van der Waals surface area contributed by atoms with Gasteiger partial charge in [-0.2, -0.15) is 0 Å². The zero-order valence-corrected chi connectivity index (χ0v) is 32.5. The lowest BCUT2D eigenvalue weighted by molar-refractivity contribution is 0.282. The largest absolute Gasteiger partial charge is 0.412 e. The molecule has 4 N–H and O–H groups in total. The van der Waals surface area contributed by atoms with Crippen LogP contribution in [0.3, 0.4) is 0 Å². The van der Waals surface area contributed by atoms with Crippen LogP contribution in [0.25, 0.3) is 44.3 Å². The van der Waals surface area contributed by atoms with Gasteiger partial charge in [0.25, 0.3) is 0 Å². The van der Waals surface area contributed by atoms with Gasteiger partial charge in [0.2, 0.25) is 0 Å². The van der Waals surface area contributed by atoms with E-state index in [0.717, 1.165) is 85.6 Å². The van der Waals surface area contributed by atoms with Crippen LogP contribution in [0.15, 0.2) is 85.5 Å². The Labute approximate surface area is 323 Å². The number of aliphatic hydroxyl groups excluding tert-OH is 2. The summed E-state index contributed by atoms with van der Waals surface area (Å²) in [6.07, 6.45) is 15.8. The van der Waals surface area contributed by atoms with Crippen LogP contribution in [0, 0.1) is 13.8 Å². The van der Waals surface area contributed by atoms with Crippen molar-refractivity contribution in [2.45, 2.75) is 78.3 Å². The van der Waals surface area contributed by atoms with Gasteiger partial charge in [0.1, 0.15) is 0 Å². The number of rotatable bonds is 14. The average Bonchev–Trinajstić information content (AvgIpc) is 3.54. The second kappa shape index (κ2) is 22.0. The van der Waals surface area contributed by atoms with Crippen molar-refractivity contribution in [1.29, 1.82) is 0 Å². The first kappa shape index (κ1) is 44.0. The van der Waals surface area contributed by atoms with Crippen molar-refractivity contribution in [3.63, 3.8) is 0 Å². The van der Waals surface area contributed by atoms with Gasteiger partial charge in [0.15, 0.2) is 0 Å². The monoisotopic (exact) mass is 774 g/mol. The molecule has 2 aromatic carbocycles. The third kappa shape index (κ3) is 10.9. The van der Waals surface area contributed by atoms with E-state index in [2.05, 4.69) is 57.2 Å². The Balaban J connectivity index is 0.000000334. The van der Waals surface area contributed by atoms with E-state index in [9.17, 15) is 0 Å². The summed E-state index contributed by atoms with van der Waals surface area (Å²) in [5.74, 6) is 0. The highest BCUT2D eigenvalue weighted by atomic mass is 35.5. The zero-order valence-electron chi connectivity index (χ0n) is 29.3. The van der Waals surface area contributed by atoms with E-state index in [1.165, 1.54) is 44.3 Å². The summed E-state index contributed by atoms with van der Waals surface area (Å²) < 4.78 is 4.77. The number of fused-ring (bicyclic) bond motifs is 2. The Morgan fingerprint density at radius 1 is 0.569 bits per heavy atom. The smallest absolute Gasteiger partial charge is 0.0536 e. The van der Waals surface area contributed by atoms with Gasteiger partial charge in [-0.15, -0.1) is 24.8 Å². The number of halogens is 4. The van der Waals surface area contributed by atoms with Crippen molar-refractivity contribution in [3.8, 4) is 22.5 Å². The molecule has 0 amide bonds. The number of hydrogen-bond donors (Lipinski definition) is 2. The first-order valence-electron chi connectivity index (χ1n) is 17.0. The minimum atomic E-state index is 0. The van der Waals surface area contributed by atoms with Gasteiger partial charge in [-0.05, 0) is 111 Å². The molecule has 0 bridgehead atoms. The molecule has 6 rings (SSSR count). The molecule has 0 atom stereocenters. The highest BCUT2D eigenvalue weighted by molar-refractivity contribution is 6.31. The molecule has 6 aromatic rings. The number of benzene rings is 2. The number of aryl methyl sites for hydroxylation is 4. The standard InChI is InChI=1S/2C20H23ClN2O.2ClH.H2O/c2*1-15-18-13-17(21)8-9-19(18)23(11-4-2-3-5-12-24)20(15)16-7-6-10-22-14-16;;;/h2*6-10,13-14,24H,2-5,11-12H2,1H3;2*1H;1H2. The maximum absolute atomic E-state index is 8.92. The van der Waals surface area contributed by atoms with Gasteiger partial charge < -0.3 is 24.8 Å². The summed E-state index contributed by atoms with van der Waals surface area (Å²) in [7, 11) is 0. The highest BCUT2D eigenvalue weighted by Gasteiger charge is 2.17. The van der Waals surface area contributed by atoms with Gasteiger partial charge in [0, 0.05) is 94.1 Å². The maximum atomic E-state index is 8.92. The van der Waals surface area contributed by atoms with Crippen LogP contribution in [0.1, 0.15) is 62.5 Å². The van der Waals surface area contributed by atoms with E-state index < -0.39 is 0 Å². The molecular formula is C40H50Cl4N4O3. The molecular weight excluding hydrogens is 726 g/mol. The lowest BCUT2D eigenvalue weighted by Crippen LogP contribution is -2.01. The second-order valence-electron chi connectivity index (χ2n) is 12.3. The minimum absolute atomic E-state index is 0. The third-order valence-corrected chi connectivity index (χ3v) is 9.48. The second-order valence-corrected chi connectivity index (χ2v) is 13.2. The van der Waals surface area contributed by atoms with Gasteiger partial charge in [-0.3, -0.25) is 9.97 Å². The zero-order chi connectivity index (χ0) is 33.9. The van der Waals surface area contributed by atoms with E-state index in [-0.39, 0.29) is 43.5 Å². The Bertz CT molecular complexity index is 1770. The van der Waals surface area contributed by atoms with Crippen LogP contribution in [0.2, 0.25) is 10.0 Å². The van der Waals surface area contributed by atoms with Crippen molar-refractivity contribution < 1.29 is 15.7 Å². The third-order valence-electron chi connectivity index (χ3n) is 9.01. The summed E-state index contributed by atoms with van der Waals surface area (Å²) in [6.45, 7) is 6.80. The first-order chi connectivity index (χ1) is 23.4. The predicted molar refractivity (Wildman–Crippen MR) is 219 cm³/mol. The number of aromatic nitrogens is 4. The molecule has 0 aliphatic heterocycles. The number of hydrogen-bond acceptors (Lipinski definition) is 4. The number of aliphatic hydroxyl groups is 2. The highest BCUT2D eigenvalue weighted by Crippen LogP contribution is 2.36. The Morgan fingerprint density at radius 2 is 0.961 bits per heavy atom. The van der Waals surface area contributed by atoms with E-state index in [4.69, 9.17) is 33.4 Å². The normalized spacial score (nSPS) is 10.6. The quantitative estimate of drug-likeness (QED) is 0.107. The van der Waals surface area contributed by atoms with E-state index in [1.54, 1.807) is 12.4 Å². The molecule has 4 heterocycles. The van der Waals surface area contributed by atoms with Gasteiger partial charge in [0.05, 0.1) is 11.4 Å². The number of unbranched alkanes of at least 4 members (excludes halogenated alkanes) is 6. The number of pyridine rings is 2. The van der Waals surface area contributed by atoms with E-state index >= 15 is 0 Å². The molecule has 11 heteroatoms. The molecule has 0 fully saturated rings. The number of nitrogens with zero attached hydrogens (tertiary/aromatic N) is 4. The molecule has 0 unspecified atom stereocenters. The molecule has 7 nitrogen and oxygen atoms in total. The molecule has 0 spiro atoms. The molecule has 0 aliphatic rings. The molecule has 0 saturated heterocycles. The van der Waals surface area contributed by atoms with Crippen LogP contribution in [0.5, 0.6) is 0 Å². The summed E-state index contributed by atoms with van der Waals surface area (Å²) in [5.41, 5.74) is 9.66. The van der Waals surface area contributed by atoms with Crippen molar-refractivity contribution >= 4 is 69.8 Å². The Morgan fingerprint density at radius 3 is 1.31 bits per heavy atom. The molecule has 4 aromatic heterocycles. The molecule has 51 heavy (non-hydrogen) atoms. The fourth-order valence-corrected chi connectivity index (χ4v) is 7.02. The van der Waals surface area contributed by atoms with Crippen LogP contribution < -0.4 is 0 Å². The molecule has 0 radical (unpaired) electrons. The van der Waals surface area contributed by atoms with Gasteiger partial charge in [-0.25, -0.2) is 0 Å². The van der Waals surface area contributed by atoms with Crippen LogP contribution >= 0.6 is 48.0 Å². The average molecular weight is 777 g/mol. The maximum Gasteiger partial charge on any atom is 0.0536 e. The lowest BCUT2D eigenvalue weighted by Gasteiger charge is -2.11. The fraction of sp³-hybridized carbons (Fsp3) is 0.350. The molecule has 276 valence electrons.